The smallest absolute Gasteiger partial charge is 0.251 e. The van der Waals surface area contributed by atoms with Crippen LogP contribution in [0.1, 0.15) is 16.8 Å². The maximum absolute atomic E-state index is 11.8. The lowest BCUT2D eigenvalue weighted by atomic mass is 10.1. The highest BCUT2D eigenvalue weighted by atomic mass is 127. The summed E-state index contributed by atoms with van der Waals surface area (Å²) in [5.74, 6) is 0.556. The van der Waals surface area contributed by atoms with Crippen LogP contribution in [0, 0.1) is 9.49 Å². The van der Waals surface area contributed by atoms with E-state index >= 15 is 0 Å². The van der Waals surface area contributed by atoms with E-state index in [9.17, 15) is 9.90 Å². The third-order valence-electron chi connectivity index (χ3n) is 2.92. The number of hydrogen-bond acceptors (Lipinski definition) is 3. The van der Waals surface area contributed by atoms with Gasteiger partial charge in [-0.05, 0) is 66.2 Å². The maximum Gasteiger partial charge on any atom is 0.251 e. The zero-order valence-electron chi connectivity index (χ0n) is 9.37. The number of halogens is 1. The highest BCUT2D eigenvalue weighted by Crippen LogP contribution is 2.20. The molecule has 0 aliphatic carbocycles. The fourth-order valence-electron chi connectivity index (χ4n) is 1.88. The summed E-state index contributed by atoms with van der Waals surface area (Å²) in [6.45, 7) is 2.70. The molecule has 1 heterocycles. The number of benzene rings is 1. The molecule has 1 atom stereocenters. The van der Waals surface area contributed by atoms with Gasteiger partial charge in [0.05, 0.1) is 3.57 Å². The number of carbonyl (C=O) groups is 1. The van der Waals surface area contributed by atoms with Crippen LogP contribution in [-0.4, -0.2) is 30.6 Å². The molecular weight excluding hydrogens is 331 g/mol. The lowest BCUT2D eigenvalue weighted by Gasteiger charge is -2.10. The van der Waals surface area contributed by atoms with Gasteiger partial charge in [-0.1, -0.05) is 0 Å². The lowest BCUT2D eigenvalue weighted by molar-refractivity contribution is 0.0948. The first-order valence-corrected chi connectivity index (χ1v) is 6.72. The van der Waals surface area contributed by atoms with Gasteiger partial charge in [0.2, 0.25) is 0 Å². The summed E-state index contributed by atoms with van der Waals surface area (Å²) in [7, 11) is 0. The molecule has 1 aliphatic heterocycles. The Kier molecular flexibility index (Phi) is 4.22. The van der Waals surface area contributed by atoms with Crippen molar-refractivity contribution < 1.29 is 9.90 Å². The van der Waals surface area contributed by atoms with Crippen LogP contribution in [0.15, 0.2) is 18.2 Å². The first kappa shape index (κ1) is 12.6. The fraction of sp³-hybridized carbons (Fsp3) is 0.417. The Balaban J connectivity index is 1.92. The Labute approximate surface area is 114 Å². The highest BCUT2D eigenvalue weighted by molar-refractivity contribution is 14.1. The predicted octanol–water partition coefficient (Wildman–Crippen LogP) is 1.34. The molecule has 2 rings (SSSR count). The minimum Gasteiger partial charge on any atom is -0.507 e. The molecule has 92 valence electrons. The molecule has 0 radical (unpaired) electrons. The van der Waals surface area contributed by atoms with Crippen molar-refractivity contribution in [1.82, 2.24) is 10.6 Å². The van der Waals surface area contributed by atoms with Crippen LogP contribution in [0.3, 0.4) is 0 Å². The second-order valence-electron chi connectivity index (χ2n) is 4.24. The average Bonchev–Trinajstić information content (AvgIpc) is 2.82. The minimum absolute atomic E-state index is 0.122. The first-order chi connectivity index (χ1) is 8.16. The van der Waals surface area contributed by atoms with Crippen LogP contribution >= 0.6 is 22.6 Å². The molecule has 1 aliphatic rings. The second-order valence-corrected chi connectivity index (χ2v) is 5.40. The molecule has 5 heteroatoms. The lowest BCUT2D eigenvalue weighted by Crippen LogP contribution is -2.30. The Morgan fingerprint density at radius 3 is 3.06 bits per heavy atom. The molecule has 1 fully saturated rings. The van der Waals surface area contributed by atoms with Gasteiger partial charge in [0, 0.05) is 12.1 Å². The van der Waals surface area contributed by atoms with E-state index in [1.807, 2.05) is 22.6 Å². The summed E-state index contributed by atoms with van der Waals surface area (Å²) in [6.07, 6.45) is 1.11. The van der Waals surface area contributed by atoms with Crippen molar-refractivity contribution in [3.63, 3.8) is 0 Å². The van der Waals surface area contributed by atoms with Gasteiger partial charge in [0.25, 0.3) is 5.91 Å². The van der Waals surface area contributed by atoms with Gasteiger partial charge in [-0.15, -0.1) is 0 Å². The molecule has 0 spiro atoms. The number of phenols is 1. The number of amides is 1. The van der Waals surface area contributed by atoms with Crippen molar-refractivity contribution in [2.75, 3.05) is 19.6 Å². The van der Waals surface area contributed by atoms with Crippen LogP contribution < -0.4 is 10.6 Å². The summed E-state index contributed by atoms with van der Waals surface area (Å²) >= 11 is 2.03. The highest BCUT2D eigenvalue weighted by Gasteiger charge is 2.16. The normalized spacial score (nSPS) is 19.2. The van der Waals surface area contributed by atoms with Gasteiger partial charge in [-0.2, -0.15) is 0 Å². The zero-order chi connectivity index (χ0) is 12.3. The second kappa shape index (κ2) is 5.68. The fourth-order valence-corrected chi connectivity index (χ4v) is 2.22. The van der Waals surface area contributed by atoms with E-state index in [1.165, 1.54) is 6.07 Å². The van der Waals surface area contributed by atoms with Crippen molar-refractivity contribution in [2.24, 2.45) is 5.92 Å². The first-order valence-electron chi connectivity index (χ1n) is 5.64. The molecule has 1 unspecified atom stereocenters. The molecule has 0 saturated carbocycles. The molecule has 3 N–H and O–H groups in total. The summed E-state index contributed by atoms with van der Waals surface area (Å²) in [5, 5.41) is 15.7. The van der Waals surface area contributed by atoms with Crippen molar-refractivity contribution in [1.29, 1.82) is 0 Å². The van der Waals surface area contributed by atoms with Gasteiger partial charge in [-0.3, -0.25) is 4.79 Å². The van der Waals surface area contributed by atoms with Gasteiger partial charge in [0.15, 0.2) is 0 Å². The van der Waals surface area contributed by atoms with E-state index in [4.69, 9.17) is 0 Å². The number of rotatable bonds is 3. The number of nitrogens with one attached hydrogen (secondary N) is 2. The maximum atomic E-state index is 11.8. The number of phenolic OH excluding ortho intramolecular Hbond substituents is 1. The molecule has 0 aromatic heterocycles. The third-order valence-corrected chi connectivity index (χ3v) is 3.83. The Morgan fingerprint density at radius 1 is 1.59 bits per heavy atom. The van der Waals surface area contributed by atoms with E-state index in [0.717, 1.165) is 23.1 Å². The Bertz CT molecular complexity index is 417. The molecule has 17 heavy (non-hydrogen) atoms. The Morgan fingerprint density at radius 2 is 2.41 bits per heavy atom. The standard InChI is InChI=1S/C12H15IN2O2/c13-10-2-1-9(5-11(10)16)12(17)15-7-8-3-4-14-6-8/h1-2,5,8,14,16H,3-4,6-7H2,(H,15,17). The average molecular weight is 346 g/mol. The van der Waals surface area contributed by atoms with Crippen LogP contribution in [0.4, 0.5) is 0 Å². The molecular formula is C12H15IN2O2. The summed E-state index contributed by atoms with van der Waals surface area (Å²) < 4.78 is 0.749. The molecule has 4 nitrogen and oxygen atoms in total. The topological polar surface area (TPSA) is 61.4 Å². The largest absolute Gasteiger partial charge is 0.507 e. The van der Waals surface area contributed by atoms with Gasteiger partial charge >= 0.3 is 0 Å². The van der Waals surface area contributed by atoms with Crippen LogP contribution in [0.5, 0.6) is 5.75 Å². The molecule has 1 aromatic carbocycles. The Hall–Kier alpha value is -0.820. The van der Waals surface area contributed by atoms with Crippen LogP contribution in [0.2, 0.25) is 0 Å². The number of carbonyl (C=O) groups excluding carboxylic acids is 1. The monoisotopic (exact) mass is 346 g/mol. The third kappa shape index (κ3) is 3.32. The van der Waals surface area contributed by atoms with Crippen molar-refractivity contribution in [3.05, 3.63) is 27.3 Å². The van der Waals surface area contributed by atoms with E-state index in [1.54, 1.807) is 12.1 Å². The molecule has 1 saturated heterocycles. The van der Waals surface area contributed by atoms with E-state index in [0.29, 0.717) is 18.0 Å². The number of aromatic hydroxyl groups is 1. The summed E-state index contributed by atoms with van der Waals surface area (Å²) in [4.78, 5) is 11.8. The molecule has 1 aromatic rings. The molecule has 1 amide bonds. The van der Waals surface area contributed by atoms with Gasteiger partial charge in [0.1, 0.15) is 5.75 Å². The van der Waals surface area contributed by atoms with E-state index in [-0.39, 0.29) is 11.7 Å². The van der Waals surface area contributed by atoms with Crippen molar-refractivity contribution >= 4 is 28.5 Å². The van der Waals surface area contributed by atoms with Crippen LogP contribution in [-0.2, 0) is 0 Å². The van der Waals surface area contributed by atoms with Gasteiger partial charge in [-0.25, -0.2) is 0 Å². The number of hydrogen-bond donors (Lipinski definition) is 3. The van der Waals surface area contributed by atoms with Gasteiger partial charge < -0.3 is 15.7 Å². The SMILES string of the molecule is O=C(NCC1CCNC1)c1ccc(I)c(O)c1. The quantitative estimate of drug-likeness (QED) is 0.724. The zero-order valence-corrected chi connectivity index (χ0v) is 11.5. The molecule has 0 bridgehead atoms. The minimum atomic E-state index is -0.122. The van der Waals surface area contributed by atoms with Crippen LogP contribution in [0.25, 0.3) is 0 Å². The predicted molar refractivity (Wildman–Crippen MR) is 74.1 cm³/mol. The summed E-state index contributed by atoms with van der Waals surface area (Å²) in [5.41, 5.74) is 0.508. The summed E-state index contributed by atoms with van der Waals surface area (Å²) in [6, 6.07) is 4.97. The van der Waals surface area contributed by atoms with Crippen molar-refractivity contribution in [2.45, 2.75) is 6.42 Å². The van der Waals surface area contributed by atoms with Crippen molar-refractivity contribution in [3.8, 4) is 5.75 Å². The van der Waals surface area contributed by atoms with E-state index in [2.05, 4.69) is 10.6 Å². The van der Waals surface area contributed by atoms with E-state index < -0.39 is 0 Å².